The Hall–Kier alpha value is -1.18. The van der Waals surface area contributed by atoms with Crippen LogP contribution in [0, 0.1) is 0 Å². The van der Waals surface area contributed by atoms with Gasteiger partial charge in [0, 0.05) is 24.0 Å². The normalized spacial score (nSPS) is 14.4. The predicted octanol–water partition coefficient (Wildman–Crippen LogP) is 3.65. The first-order chi connectivity index (χ1) is 7.83. The van der Waals surface area contributed by atoms with E-state index in [1.54, 1.807) is 0 Å². The molecule has 0 amide bonds. The molecule has 0 atom stereocenters. The maximum Gasteiger partial charge on any atom is 0.0374 e. The highest BCUT2D eigenvalue weighted by Crippen LogP contribution is 2.25. The second-order valence-corrected chi connectivity index (χ2v) is 4.56. The minimum atomic E-state index is 0.606. The van der Waals surface area contributed by atoms with Crippen LogP contribution < -0.4 is 10.6 Å². The van der Waals surface area contributed by atoms with Crippen molar-refractivity contribution in [2.24, 2.45) is 0 Å². The Labute approximate surface area is 98.4 Å². The van der Waals surface area contributed by atoms with Crippen LogP contribution >= 0.6 is 0 Å². The van der Waals surface area contributed by atoms with Gasteiger partial charge < -0.3 is 10.6 Å². The third kappa shape index (κ3) is 2.49. The highest BCUT2D eigenvalue weighted by Gasteiger charge is 2.09. The Kier molecular flexibility index (Phi) is 3.70. The van der Waals surface area contributed by atoms with Crippen LogP contribution in [0.5, 0.6) is 0 Å². The summed E-state index contributed by atoms with van der Waals surface area (Å²) >= 11 is 0. The summed E-state index contributed by atoms with van der Waals surface area (Å²) in [5.74, 6) is 0. The van der Waals surface area contributed by atoms with E-state index in [0.29, 0.717) is 6.04 Å². The number of hydrogen-bond acceptors (Lipinski definition) is 2. The van der Waals surface area contributed by atoms with E-state index in [-0.39, 0.29) is 0 Å². The van der Waals surface area contributed by atoms with Gasteiger partial charge in [0.2, 0.25) is 0 Å². The van der Waals surface area contributed by atoms with Crippen LogP contribution in [0.15, 0.2) is 18.2 Å². The molecule has 2 rings (SSSR count). The zero-order chi connectivity index (χ0) is 11.4. The van der Waals surface area contributed by atoms with E-state index in [2.05, 4.69) is 42.7 Å². The lowest BCUT2D eigenvalue weighted by atomic mass is 10.0. The van der Waals surface area contributed by atoms with E-state index in [9.17, 15) is 0 Å². The Balaban J connectivity index is 2.10. The number of fused-ring (bicyclic) bond motifs is 1. The van der Waals surface area contributed by atoms with Crippen LogP contribution in [-0.2, 0) is 6.42 Å². The predicted molar refractivity (Wildman–Crippen MR) is 71.2 cm³/mol. The molecule has 0 aliphatic carbocycles. The van der Waals surface area contributed by atoms with E-state index in [1.807, 2.05) is 0 Å². The van der Waals surface area contributed by atoms with E-state index in [1.165, 1.54) is 42.6 Å². The van der Waals surface area contributed by atoms with Gasteiger partial charge in [0.25, 0.3) is 0 Å². The molecule has 0 bridgehead atoms. The molecule has 1 aromatic carbocycles. The molecule has 0 saturated carbocycles. The van der Waals surface area contributed by atoms with E-state index >= 15 is 0 Å². The summed E-state index contributed by atoms with van der Waals surface area (Å²) in [5.41, 5.74) is 4.06. The number of rotatable bonds is 4. The molecule has 1 heterocycles. The molecule has 0 spiro atoms. The van der Waals surface area contributed by atoms with Crippen LogP contribution in [0.25, 0.3) is 0 Å². The minimum absolute atomic E-state index is 0.606. The summed E-state index contributed by atoms with van der Waals surface area (Å²) in [7, 11) is 0. The van der Waals surface area contributed by atoms with Gasteiger partial charge in [0.1, 0.15) is 0 Å². The summed E-state index contributed by atoms with van der Waals surface area (Å²) in [4.78, 5) is 0. The molecule has 0 unspecified atom stereocenters. The molecule has 16 heavy (non-hydrogen) atoms. The van der Waals surface area contributed by atoms with Crippen molar-refractivity contribution in [1.29, 1.82) is 0 Å². The summed E-state index contributed by atoms with van der Waals surface area (Å²) in [6, 6.07) is 7.31. The number of aryl methyl sites for hydroxylation is 1. The average Bonchev–Trinajstić information content (AvgIpc) is 2.35. The van der Waals surface area contributed by atoms with Crippen molar-refractivity contribution in [3.05, 3.63) is 23.8 Å². The van der Waals surface area contributed by atoms with Crippen molar-refractivity contribution in [1.82, 2.24) is 0 Å². The van der Waals surface area contributed by atoms with Crippen molar-refractivity contribution >= 4 is 11.4 Å². The molecule has 1 aliphatic rings. The summed E-state index contributed by atoms with van der Waals surface area (Å²) in [6.45, 7) is 5.59. The quantitative estimate of drug-likeness (QED) is 0.806. The Morgan fingerprint density at radius 1 is 1.31 bits per heavy atom. The zero-order valence-corrected chi connectivity index (χ0v) is 10.3. The molecule has 1 aromatic rings. The minimum Gasteiger partial charge on any atom is -0.385 e. The topological polar surface area (TPSA) is 24.1 Å². The fraction of sp³-hybridized carbons (Fsp3) is 0.571. The fourth-order valence-corrected chi connectivity index (χ4v) is 2.29. The number of hydrogen-bond donors (Lipinski definition) is 2. The lowest BCUT2D eigenvalue weighted by Gasteiger charge is -2.21. The second-order valence-electron chi connectivity index (χ2n) is 4.56. The van der Waals surface area contributed by atoms with Crippen LogP contribution in [0.4, 0.5) is 11.4 Å². The first kappa shape index (κ1) is 11.3. The van der Waals surface area contributed by atoms with Gasteiger partial charge in [0.15, 0.2) is 0 Å². The van der Waals surface area contributed by atoms with Gasteiger partial charge in [-0.05, 0) is 49.4 Å². The molecule has 2 N–H and O–H groups in total. The van der Waals surface area contributed by atoms with Crippen molar-refractivity contribution in [2.45, 2.75) is 45.6 Å². The number of nitrogens with one attached hydrogen (secondary N) is 2. The van der Waals surface area contributed by atoms with Crippen molar-refractivity contribution in [3.63, 3.8) is 0 Å². The van der Waals surface area contributed by atoms with Crippen LogP contribution in [0.2, 0.25) is 0 Å². The lowest BCUT2D eigenvalue weighted by molar-refractivity contribution is 0.671. The van der Waals surface area contributed by atoms with Crippen molar-refractivity contribution < 1.29 is 0 Å². The maximum atomic E-state index is 3.60. The van der Waals surface area contributed by atoms with E-state index in [0.717, 1.165) is 6.54 Å². The summed E-state index contributed by atoms with van der Waals surface area (Å²) in [6.07, 6.45) is 4.83. The monoisotopic (exact) mass is 218 g/mol. The zero-order valence-electron chi connectivity index (χ0n) is 10.3. The third-order valence-corrected chi connectivity index (χ3v) is 3.40. The highest BCUT2D eigenvalue weighted by atomic mass is 14.9. The highest BCUT2D eigenvalue weighted by molar-refractivity contribution is 5.61. The van der Waals surface area contributed by atoms with Gasteiger partial charge in [-0.15, -0.1) is 0 Å². The maximum absolute atomic E-state index is 3.60. The molecule has 2 nitrogen and oxygen atoms in total. The van der Waals surface area contributed by atoms with Gasteiger partial charge in [-0.3, -0.25) is 0 Å². The summed E-state index contributed by atoms with van der Waals surface area (Å²) in [5, 5.41) is 7.04. The lowest BCUT2D eigenvalue weighted by Crippen LogP contribution is -2.18. The third-order valence-electron chi connectivity index (χ3n) is 3.40. The molecule has 88 valence electrons. The Morgan fingerprint density at radius 2 is 2.12 bits per heavy atom. The fourth-order valence-electron chi connectivity index (χ4n) is 2.29. The Morgan fingerprint density at radius 3 is 2.88 bits per heavy atom. The number of anilines is 2. The van der Waals surface area contributed by atoms with E-state index in [4.69, 9.17) is 0 Å². The van der Waals surface area contributed by atoms with Gasteiger partial charge in [-0.25, -0.2) is 0 Å². The first-order valence-corrected chi connectivity index (χ1v) is 6.46. The van der Waals surface area contributed by atoms with Gasteiger partial charge >= 0.3 is 0 Å². The van der Waals surface area contributed by atoms with Gasteiger partial charge in [-0.1, -0.05) is 13.8 Å². The molecular weight excluding hydrogens is 196 g/mol. The second kappa shape index (κ2) is 5.24. The molecule has 2 heteroatoms. The molecule has 0 saturated heterocycles. The van der Waals surface area contributed by atoms with E-state index < -0.39 is 0 Å². The molecule has 0 fully saturated rings. The molecule has 0 aromatic heterocycles. The average molecular weight is 218 g/mol. The van der Waals surface area contributed by atoms with Crippen LogP contribution in [-0.4, -0.2) is 12.6 Å². The number of benzene rings is 1. The van der Waals surface area contributed by atoms with Crippen molar-refractivity contribution in [2.75, 3.05) is 17.2 Å². The molecule has 1 aliphatic heterocycles. The van der Waals surface area contributed by atoms with Crippen LogP contribution in [0.1, 0.15) is 38.7 Å². The van der Waals surface area contributed by atoms with Gasteiger partial charge in [0.05, 0.1) is 0 Å². The standard InChI is InChI=1S/C14H22N2/c1-3-12(4-2)16-13-7-8-14-11(10-13)6-5-9-15-14/h7-8,10,12,15-16H,3-6,9H2,1-2H3. The molecule has 0 radical (unpaired) electrons. The largest absolute Gasteiger partial charge is 0.385 e. The molecular formula is C14H22N2. The first-order valence-electron chi connectivity index (χ1n) is 6.46. The SMILES string of the molecule is CCC(CC)Nc1ccc2c(c1)CCCN2. The van der Waals surface area contributed by atoms with Gasteiger partial charge in [-0.2, -0.15) is 0 Å². The smallest absolute Gasteiger partial charge is 0.0374 e. The van der Waals surface area contributed by atoms with Crippen molar-refractivity contribution in [3.8, 4) is 0 Å². The Bertz CT molecular complexity index is 343. The summed E-state index contributed by atoms with van der Waals surface area (Å²) < 4.78 is 0. The van der Waals surface area contributed by atoms with Crippen LogP contribution in [0.3, 0.4) is 0 Å².